The van der Waals surface area contributed by atoms with Crippen LogP contribution in [0.1, 0.15) is 10.5 Å². The molecule has 0 saturated carbocycles. The van der Waals surface area contributed by atoms with Crippen LogP contribution in [0.5, 0.6) is 0 Å². The Morgan fingerprint density at radius 3 is 2.29 bits per heavy atom. The van der Waals surface area contributed by atoms with Gasteiger partial charge in [-0.15, -0.1) is 0 Å². The number of carboxylic acid groups (broad SMARTS) is 1. The summed E-state index contributed by atoms with van der Waals surface area (Å²) in [5.74, 6) is -0.961. The smallest absolute Gasteiger partial charge is 0.356 e. The van der Waals surface area contributed by atoms with Crippen molar-refractivity contribution in [2.75, 3.05) is 0 Å². The Kier molecular flexibility index (Phi) is 6.19. The van der Waals surface area contributed by atoms with E-state index >= 15 is 0 Å². The number of carbonyl (C=O) groups excluding carboxylic acids is 1. The predicted molar refractivity (Wildman–Crippen MR) is 53.8 cm³/mol. The maximum absolute atomic E-state index is 10.4. The maximum Gasteiger partial charge on any atom is 0.356 e. The highest BCUT2D eigenvalue weighted by atomic mass is 35.5. The maximum atomic E-state index is 10.4. The number of nitrogens with zero attached hydrogens (tertiary/aromatic N) is 1. The van der Waals surface area contributed by atoms with E-state index in [9.17, 15) is 4.79 Å². The summed E-state index contributed by atoms with van der Waals surface area (Å²) >= 11 is 15.2. The van der Waals surface area contributed by atoms with Gasteiger partial charge in [0.25, 0.3) is 0 Å². The molecule has 1 aromatic heterocycles. The highest BCUT2D eigenvalue weighted by Gasteiger charge is 2.09. The summed E-state index contributed by atoms with van der Waals surface area (Å²) in [7, 11) is 0. The van der Waals surface area contributed by atoms with Crippen LogP contribution in [0.4, 0.5) is 0 Å². The lowest BCUT2D eigenvalue weighted by molar-refractivity contribution is 0.0690. The first-order valence-corrected chi connectivity index (χ1v) is 4.31. The number of pyridine rings is 1. The highest BCUT2D eigenvalue weighted by Crippen LogP contribution is 2.16. The van der Waals surface area contributed by atoms with Crippen LogP contribution >= 0.6 is 34.8 Å². The molecule has 7 heteroatoms. The molecule has 0 aliphatic rings. The fourth-order valence-corrected chi connectivity index (χ4v) is 0.902. The van der Waals surface area contributed by atoms with E-state index < -0.39 is 5.97 Å². The molecule has 0 amide bonds. The molecule has 76 valence electrons. The standard InChI is InChI=1S/C6H3Cl2NO2.CHClO/c7-3-1-2-4(8)9-5(3)6(10)11;2-1-3/h1-2H,(H,10,11);1H. The second kappa shape index (κ2) is 6.59. The molecule has 0 fully saturated rings. The van der Waals surface area contributed by atoms with Gasteiger partial charge in [-0.2, -0.15) is 0 Å². The minimum Gasteiger partial charge on any atom is -0.476 e. The minimum absolute atomic E-state index is 0.0851. The van der Waals surface area contributed by atoms with Gasteiger partial charge in [0.2, 0.25) is 5.75 Å². The molecule has 0 aliphatic carbocycles. The number of carboxylic acids is 1. The molecule has 0 bridgehead atoms. The molecule has 0 aromatic carbocycles. The first-order chi connectivity index (χ1) is 6.52. The molecule has 1 rings (SSSR count). The van der Waals surface area contributed by atoms with Gasteiger partial charge in [0.05, 0.1) is 5.02 Å². The molecule has 0 aliphatic heterocycles. The van der Waals surface area contributed by atoms with Crippen molar-refractivity contribution in [1.29, 1.82) is 0 Å². The number of hydrogen-bond donors (Lipinski definition) is 1. The van der Waals surface area contributed by atoms with E-state index in [2.05, 4.69) is 16.6 Å². The average Bonchev–Trinajstić information content (AvgIpc) is 2.10. The third kappa shape index (κ3) is 4.41. The van der Waals surface area contributed by atoms with Crippen LogP contribution in [-0.4, -0.2) is 21.8 Å². The van der Waals surface area contributed by atoms with E-state index in [0.717, 1.165) is 0 Å². The van der Waals surface area contributed by atoms with Gasteiger partial charge < -0.3 is 5.11 Å². The zero-order valence-electron chi connectivity index (χ0n) is 6.58. The molecule has 1 heterocycles. The number of aromatic carboxylic acids is 1. The van der Waals surface area contributed by atoms with E-state index in [1.54, 1.807) is 0 Å². The van der Waals surface area contributed by atoms with Gasteiger partial charge in [-0.05, 0) is 23.7 Å². The molecule has 1 N–H and O–H groups in total. The summed E-state index contributed by atoms with van der Waals surface area (Å²) in [6.07, 6.45) is 0. The van der Waals surface area contributed by atoms with E-state index in [0.29, 0.717) is 0 Å². The van der Waals surface area contributed by atoms with Crippen LogP contribution in [-0.2, 0) is 4.79 Å². The van der Waals surface area contributed by atoms with Gasteiger partial charge in [0.15, 0.2) is 5.69 Å². The Labute approximate surface area is 94.4 Å². The summed E-state index contributed by atoms with van der Waals surface area (Å²) in [5, 5.41) is 8.69. The van der Waals surface area contributed by atoms with E-state index in [1.165, 1.54) is 12.1 Å². The Morgan fingerprint density at radius 1 is 1.43 bits per heavy atom. The SMILES string of the molecule is O=C(O)c1nc(Cl)ccc1Cl.O=CCl. The van der Waals surface area contributed by atoms with E-state index in [4.69, 9.17) is 33.1 Å². The van der Waals surface area contributed by atoms with Crippen molar-refractivity contribution in [3.05, 3.63) is 28.0 Å². The van der Waals surface area contributed by atoms with Crippen LogP contribution in [0.3, 0.4) is 0 Å². The number of halogens is 3. The summed E-state index contributed by atoms with van der Waals surface area (Å²) in [6, 6.07) is 2.82. The molecule has 0 saturated heterocycles. The first kappa shape index (κ1) is 13.2. The Hall–Kier alpha value is -0.840. The van der Waals surface area contributed by atoms with Gasteiger partial charge in [0.1, 0.15) is 5.15 Å². The van der Waals surface area contributed by atoms with Crippen molar-refractivity contribution < 1.29 is 14.7 Å². The quantitative estimate of drug-likeness (QED) is 0.476. The van der Waals surface area contributed by atoms with Gasteiger partial charge in [-0.1, -0.05) is 23.2 Å². The van der Waals surface area contributed by atoms with Crippen LogP contribution in [0.2, 0.25) is 10.2 Å². The van der Waals surface area contributed by atoms with Crippen LogP contribution in [0.25, 0.3) is 0 Å². The van der Waals surface area contributed by atoms with Crippen LogP contribution in [0.15, 0.2) is 12.1 Å². The van der Waals surface area contributed by atoms with Crippen molar-refractivity contribution in [2.45, 2.75) is 0 Å². The Balaban J connectivity index is 0.000000500. The molecular weight excluding hydrogens is 252 g/mol. The fourth-order valence-electron chi connectivity index (χ4n) is 0.568. The Morgan fingerprint density at radius 2 is 1.93 bits per heavy atom. The zero-order valence-corrected chi connectivity index (χ0v) is 8.84. The predicted octanol–water partition coefficient (Wildman–Crippen LogP) is 2.50. The molecule has 14 heavy (non-hydrogen) atoms. The minimum atomic E-state index is -1.18. The molecular formula is C7H4Cl3NO3. The molecule has 0 radical (unpaired) electrons. The van der Waals surface area contributed by atoms with E-state index in [-0.39, 0.29) is 21.6 Å². The van der Waals surface area contributed by atoms with Gasteiger partial charge >= 0.3 is 5.97 Å². The third-order valence-electron chi connectivity index (χ3n) is 1.01. The van der Waals surface area contributed by atoms with Gasteiger partial charge in [0, 0.05) is 0 Å². The largest absolute Gasteiger partial charge is 0.476 e. The monoisotopic (exact) mass is 255 g/mol. The third-order valence-corrected chi connectivity index (χ3v) is 1.53. The lowest BCUT2D eigenvalue weighted by Gasteiger charge is -1.96. The zero-order chi connectivity index (χ0) is 11.1. The lowest BCUT2D eigenvalue weighted by Crippen LogP contribution is -2.00. The van der Waals surface area contributed by atoms with Crippen LogP contribution < -0.4 is 0 Å². The number of carbonyl (C=O) groups is 2. The first-order valence-electron chi connectivity index (χ1n) is 3.12. The Bertz CT molecular complexity index is 343. The summed E-state index contributed by atoms with van der Waals surface area (Å²) in [4.78, 5) is 22.4. The number of rotatable bonds is 1. The molecule has 0 unspecified atom stereocenters. The second-order valence-corrected chi connectivity index (χ2v) is 2.83. The second-order valence-electron chi connectivity index (χ2n) is 1.86. The van der Waals surface area contributed by atoms with Crippen molar-refractivity contribution >= 4 is 46.5 Å². The summed E-state index contributed by atoms with van der Waals surface area (Å²) in [6.45, 7) is 0. The number of hydrogen-bond acceptors (Lipinski definition) is 3. The van der Waals surface area contributed by atoms with Crippen molar-refractivity contribution in [3.8, 4) is 0 Å². The topological polar surface area (TPSA) is 67.3 Å². The molecule has 1 aromatic rings. The molecule has 4 nitrogen and oxygen atoms in total. The van der Waals surface area contributed by atoms with E-state index in [1.807, 2.05) is 0 Å². The lowest BCUT2D eigenvalue weighted by atomic mass is 10.3. The van der Waals surface area contributed by atoms with Gasteiger partial charge in [-0.25, -0.2) is 9.78 Å². The molecule has 0 spiro atoms. The number of aromatic nitrogens is 1. The highest BCUT2D eigenvalue weighted by molar-refractivity contribution is 6.54. The fraction of sp³-hybridized carbons (Fsp3) is 0. The summed E-state index contributed by atoms with van der Waals surface area (Å²) < 4.78 is 0. The molecule has 0 atom stereocenters. The van der Waals surface area contributed by atoms with Crippen molar-refractivity contribution in [1.82, 2.24) is 4.98 Å². The van der Waals surface area contributed by atoms with Gasteiger partial charge in [-0.3, -0.25) is 4.79 Å². The summed E-state index contributed by atoms with van der Waals surface area (Å²) in [5.41, 5.74) is -0.223. The van der Waals surface area contributed by atoms with Crippen LogP contribution in [0, 0.1) is 0 Å². The average molecular weight is 256 g/mol. The van der Waals surface area contributed by atoms with Crippen molar-refractivity contribution in [3.63, 3.8) is 0 Å². The van der Waals surface area contributed by atoms with Crippen molar-refractivity contribution in [2.24, 2.45) is 0 Å². The normalized spacial score (nSPS) is 8.50.